The van der Waals surface area contributed by atoms with Crippen LogP contribution >= 0.6 is 15.9 Å². The van der Waals surface area contributed by atoms with Crippen molar-refractivity contribution in [1.29, 1.82) is 0 Å². The molecule has 0 bridgehead atoms. The van der Waals surface area contributed by atoms with E-state index in [0.29, 0.717) is 22.3 Å². The lowest BCUT2D eigenvalue weighted by molar-refractivity contribution is 0.103. The third kappa shape index (κ3) is 2.76. The summed E-state index contributed by atoms with van der Waals surface area (Å²) < 4.78 is 14.5. The van der Waals surface area contributed by atoms with E-state index in [2.05, 4.69) is 15.9 Å². The van der Waals surface area contributed by atoms with Crippen LogP contribution in [0.5, 0.6) is 0 Å². The summed E-state index contributed by atoms with van der Waals surface area (Å²) in [7, 11) is 0. The van der Waals surface area contributed by atoms with Crippen molar-refractivity contribution in [2.75, 3.05) is 0 Å². The molecule has 19 heavy (non-hydrogen) atoms. The molecule has 1 nitrogen and oxygen atoms in total. The first-order valence-corrected chi connectivity index (χ1v) is 6.77. The van der Waals surface area contributed by atoms with E-state index in [1.807, 2.05) is 13.0 Å². The maximum atomic E-state index is 13.6. The molecule has 2 aromatic carbocycles. The predicted molar refractivity (Wildman–Crippen MR) is 78.2 cm³/mol. The van der Waals surface area contributed by atoms with Crippen molar-refractivity contribution in [3.8, 4) is 0 Å². The smallest absolute Gasteiger partial charge is 0.193 e. The van der Waals surface area contributed by atoms with E-state index in [0.717, 1.165) is 10.0 Å². The Kier molecular flexibility index (Phi) is 3.85. The number of hydrogen-bond acceptors (Lipinski definition) is 1. The monoisotopic (exact) mass is 320 g/mol. The van der Waals surface area contributed by atoms with Gasteiger partial charge in [0.25, 0.3) is 0 Å². The number of carbonyl (C=O) groups is 1. The van der Waals surface area contributed by atoms with Crippen molar-refractivity contribution in [2.45, 2.75) is 20.8 Å². The summed E-state index contributed by atoms with van der Waals surface area (Å²) in [6.07, 6.45) is 0. The van der Waals surface area contributed by atoms with Gasteiger partial charge in [0.05, 0.1) is 0 Å². The first kappa shape index (κ1) is 13.9. The predicted octanol–water partition coefficient (Wildman–Crippen LogP) is 4.74. The van der Waals surface area contributed by atoms with E-state index >= 15 is 0 Å². The summed E-state index contributed by atoms with van der Waals surface area (Å²) in [4.78, 5) is 12.4. The lowest BCUT2D eigenvalue weighted by Gasteiger charge is -2.07. The summed E-state index contributed by atoms with van der Waals surface area (Å²) in [5, 5.41) is 0. The second-order valence-electron chi connectivity index (χ2n) is 4.72. The van der Waals surface area contributed by atoms with E-state index in [1.165, 1.54) is 0 Å². The molecule has 0 aliphatic heterocycles. The molecule has 0 amide bonds. The SMILES string of the molecule is Cc1ccc(C(=O)c2cc(C)c(F)c(C)c2)cc1Br. The van der Waals surface area contributed by atoms with E-state index in [-0.39, 0.29) is 11.6 Å². The largest absolute Gasteiger partial charge is 0.289 e. The molecule has 0 atom stereocenters. The molecule has 0 saturated heterocycles. The number of benzene rings is 2. The molecular weight excluding hydrogens is 307 g/mol. The van der Waals surface area contributed by atoms with E-state index in [9.17, 15) is 9.18 Å². The van der Waals surface area contributed by atoms with Crippen molar-refractivity contribution in [3.05, 3.63) is 68.4 Å². The maximum absolute atomic E-state index is 13.6. The highest BCUT2D eigenvalue weighted by Crippen LogP contribution is 2.21. The van der Waals surface area contributed by atoms with Crippen LogP contribution in [-0.4, -0.2) is 5.78 Å². The Balaban J connectivity index is 2.47. The molecule has 2 aromatic rings. The molecule has 0 saturated carbocycles. The molecule has 98 valence electrons. The minimum atomic E-state index is -0.248. The van der Waals surface area contributed by atoms with Gasteiger partial charge in [-0.05, 0) is 55.7 Å². The lowest BCUT2D eigenvalue weighted by Crippen LogP contribution is -2.04. The zero-order chi connectivity index (χ0) is 14.2. The fourth-order valence-electron chi connectivity index (χ4n) is 1.98. The second kappa shape index (κ2) is 5.25. The van der Waals surface area contributed by atoms with Crippen LogP contribution in [0.15, 0.2) is 34.8 Å². The van der Waals surface area contributed by atoms with Crippen molar-refractivity contribution < 1.29 is 9.18 Å². The molecule has 0 N–H and O–H groups in total. The van der Waals surface area contributed by atoms with Gasteiger partial charge in [0.15, 0.2) is 5.78 Å². The normalized spacial score (nSPS) is 10.6. The van der Waals surface area contributed by atoms with Gasteiger partial charge in [0.1, 0.15) is 5.82 Å². The van der Waals surface area contributed by atoms with Crippen LogP contribution in [0.1, 0.15) is 32.6 Å². The maximum Gasteiger partial charge on any atom is 0.193 e. The Labute approximate surface area is 120 Å². The highest BCUT2D eigenvalue weighted by Gasteiger charge is 2.13. The van der Waals surface area contributed by atoms with Crippen LogP contribution in [-0.2, 0) is 0 Å². The second-order valence-corrected chi connectivity index (χ2v) is 5.57. The van der Waals surface area contributed by atoms with Crippen molar-refractivity contribution >= 4 is 21.7 Å². The van der Waals surface area contributed by atoms with Crippen LogP contribution in [0.4, 0.5) is 4.39 Å². The summed E-state index contributed by atoms with van der Waals surface area (Å²) in [5.41, 5.74) is 3.18. The fraction of sp³-hybridized carbons (Fsp3) is 0.188. The van der Waals surface area contributed by atoms with Gasteiger partial charge in [-0.15, -0.1) is 0 Å². The van der Waals surface area contributed by atoms with Crippen LogP contribution < -0.4 is 0 Å². The molecule has 0 radical (unpaired) electrons. The molecule has 0 aliphatic rings. The molecule has 0 spiro atoms. The molecule has 0 aromatic heterocycles. The Morgan fingerprint density at radius 3 is 2.05 bits per heavy atom. The minimum Gasteiger partial charge on any atom is -0.289 e. The minimum absolute atomic E-state index is 0.0908. The van der Waals surface area contributed by atoms with Crippen LogP contribution in [0, 0.1) is 26.6 Å². The molecule has 0 fully saturated rings. The van der Waals surface area contributed by atoms with Crippen LogP contribution in [0.2, 0.25) is 0 Å². The average Bonchev–Trinajstić information content (AvgIpc) is 2.37. The Hall–Kier alpha value is -1.48. The first-order valence-electron chi connectivity index (χ1n) is 5.97. The zero-order valence-electron chi connectivity index (χ0n) is 11.1. The van der Waals surface area contributed by atoms with Crippen molar-refractivity contribution in [3.63, 3.8) is 0 Å². The standard InChI is InChI=1S/C16H14BrFO/c1-9-4-5-12(8-14(9)17)16(19)13-6-10(2)15(18)11(3)7-13/h4-8H,1-3H3. The molecule has 0 aliphatic carbocycles. The third-order valence-electron chi connectivity index (χ3n) is 3.13. The first-order chi connectivity index (χ1) is 8.90. The molecular formula is C16H14BrFO. The molecule has 3 heteroatoms. The summed E-state index contributed by atoms with van der Waals surface area (Å²) in [5.74, 6) is -0.339. The van der Waals surface area contributed by atoms with E-state index in [4.69, 9.17) is 0 Å². The van der Waals surface area contributed by atoms with Gasteiger partial charge in [-0.25, -0.2) is 4.39 Å². The number of halogens is 2. The molecule has 0 unspecified atom stereocenters. The average molecular weight is 321 g/mol. The highest BCUT2D eigenvalue weighted by atomic mass is 79.9. The topological polar surface area (TPSA) is 17.1 Å². The quantitative estimate of drug-likeness (QED) is 0.730. The van der Waals surface area contributed by atoms with Gasteiger partial charge in [0, 0.05) is 15.6 Å². The van der Waals surface area contributed by atoms with Gasteiger partial charge in [-0.3, -0.25) is 4.79 Å². The summed E-state index contributed by atoms with van der Waals surface area (Å²) in [6, 6.07) is 8.67. The Bertz CT molecular complexity index is 639. The van der Waals surface area contributed by atoms with Gasteiger partial charge >= 0.3 is 0 Å². The zero-order valence-corrected chi connectivity index (χ0v) is 12.6. The van der Waals surface area contributed by atoms with Crippen LogP contribution in [0.25, 0.3) is 0 Å². The summed E-state index contributed by atoms with van der Waals surface area (Å²) in [6.45, 7) is 5.30. The Morgan fingerprint density at radius 1 is 0.947 bits per heavy atom. The number of carbonyl (C=O) groups excluding carboxylic acids is 1. The van der Waals surface area contributed by atoms with Crippen LogP contribution in [0.3, 0.4) is 0 Å². The number of hydrogen-bond donors (Lipinski definition) is 0. The highest BCUT2D eigenvalue weighted by molar-refractivity contribution is 9.10. The van der Waals surface area contributed by atoms with Crippen molar-refractivity contribution in [2.24, 2.45) is 0 Å². The fourth-order valence-corrected chi connectivity index (χ4v) is 2.36. The third-order valence-corrected chi connectivity index (χ3v) is 3.99. The molecule has 0 heterocycles. The number of ketones is 1. The van der Waals surface area contributed by atoms with Gasteiger partial charge in [-0.2, -0.15) is 0 Å². The van der Waals surface area contributed by atoms with Crippen molar-refractivity contribution in [1.82, 2.24) is 0 Å². The van der Waals surface area contributed by atoms with Gasteiger partial charge in [-0.1, -0.05) is 28.1 Å². The van der Waals surface area contributed by atoms with E-state index in [1.54, 1.807) is 38.1 Å². The van der Waals surface area contributed by atoms with E-state index < -0.39 is 0 Å². The lowest BCUT2D eigenvalue weighted by atomic mass is 9.98. The van der Waals surface area contributed by atoms with Gasteiger partial charge < -0.3 is 0 Å². The van der Waals surface area contributed by atoms with Gasteiger partial charge in [0.2, 0.25) is 0 Å². The Morgan fingerprint density at radius 2 is 1.53 bits per heavy atom. The summed E-state index contributed by atoms with van der Waals surface area (Å²) >= 11 is 3.42. The number of aryl methyl sites for hydroxylation is 3. The number of rotatable bonds is 2. The molecule has 2 rings (SSSR count).